The van der Waals surface area contributed by atoms with Crippen LogP contribution in [0.15, 0.2) is 41.2 Å². The summed E-state index contributed by atoms with van der Waals surface area (Å²) in [7, 11) is -1.16. The molecular weight excluding hydrogens is 566 g/mol. The van der Waals surface area contributed by atoms with Crippen LogP contribution in [0.4, 0.5) is 0 Å². The second kappa shape index (κ2) is 13.0. The van der Waals surface area contributed by atoms with Crippen molar-refractivity contribution in [2.45, 2.75) is 25.9 Å². The summed E-state index contributed by atoms with van der Waals surface area (Å²) in [5, 5.41) is 8.31. The normalized spacial score (nSPS) is 18.0. The maximum Gasteiger partial charge on any atom is 0.276 e. The summed E-state index contributed by atoms with van der Waals surface area (Å²) in [5.74, 6) is -0.124. The lowest BCUT2D eigenvalue weighted by molar-refractivity contribution is 0.0342. The first-order valence-electron chi connectivity index (χ1n) is 14.0. The molecule has 1 aromatic heterocycles. The molecule has 2 saturated heterocycles. The number of halogens is 1. The van der Waals surface area contributed by atoms with Gasteiger partial charge in [-0.05, 0) is 54.3 Å². The SMILES string of the molecule is Cn1nc(C(=O)NCc2ccc(Cl)cc2)c(=O)c2cc(CN3CCOCC3)cc(CCCN3CCS(=O)(=O)CC3)c21. The predicted molar refractivity (Wildman–Crippen MR) is 159 cm³/mol. The van der Waals surface area contributed by atoms with Gasteiger partial charge in [-0.25, -0.2) is 8.42 Å². The Balaban J connectivity index is 1.40. The lowest BCUT2D eigenvalue weighted by Gasteiger charge is -2.27. The molecule has 0 bridgehead atoms. The number of amides is 1. The van der Waals surface area contributed by atoms with E-state index < -0.39 is 21.2 Å². The molecule has 3 heterocycles. The summed E-state index contributed by atoms with van der Waals surface area (Å²) in [4.78, 5) is 31.3. The number of carbonyl (C=O) groups excluding carboxylic acids is 1. The third-order valence-corrected chi connectivity index (χ3v) is 9.59. The largest absolute Gasteiger partial charge is 0.379 e. The molecule has 0 radical (unpaired) electrons. The standard InChI is InChI=1S/C29H36ClN5O5S/c1-33-27-23(3-2-8-34-11-15-41(38,39)16-12-34)17-22(20-35-9-13-40-14-10-35)18-25(27)28(36)26(32-33)29(37)31-19-21-4-6-24(30)7-5-21/h4-7,17-18H,2-3,8-16,19-20H2,1H3,(H,31,37). The number of nitrogens with zero attached hydrogens (tertiary/aromatic N) is 4. The van der Waals surface area contributed by atoms with Gasteiger partial charge in [0, 0.05) is 51.3 Å². The van der Waals surface area contributed by atoms with Crippen LogP contribution in [0.25, 0.3) is 10.9 Å². The van der Waals surface area contributed by atoms with Gasteiger partial charge in [0.15, 0.2) is 15.5 Å². The zero-order valence-electron chi connectivity index (χ0n) is 23.3. The zero-order valence-corrected chi connectivity index (χ0v) is 24.8. The van der Waals surface area contributed by atoms with Gasteiger partial charge in [0.05, 0.1) is 35.6 Å². The van der Waals surface area contributed by atoms with Crippen molar-refractivity contribution < 1.29 is 17.9 Å². The minimum atomic E-state index is -2.92. The number of sulfone groups is 1. The van der Waals surface area contributed by atoms with Crippen molar-refractivity contribution in [2.75, 3.05) is 57.4 Å². The third kappa shape index (κ3) is 7.52. The van der Waals surface area contributed by atoms with E-state index in [-0.39, 0.29) is 23.7 Å². The van der Waals surface area contributed by atoms with Crippen LogP contribution >= 0.6 is 11.6 Å². The molecule has 0 aliphatic carbocycles. The molecule has 2 aromatic carbocycles. The molecule has 220 valence electrons. The predicted octanol–water partition coefficient (Wildman–Crippen LogP) is 2.01. The molecule has 2 aliphatic heterocycles. The first kappa shape index (κ1) is 29.7. The van der Waals surface area contributed by atoms with Gasteiger partial charge in [0.25, 0.3) is 5.91 Å². The minimum Gasteiger partial charge on any atom is -0.379 e. The Hall–Kier alpha value is -2.83. The van der Waals surface area contributed by atoms with Crippen molar-refractivity contribution in [3.63, 3.8) is 0 Å². The van der Waals surface area contributed by atoms with E-state index in [0.29, 0.717) is 49.7 Å². The molecule has 0 unspecified atom stereocenters. The molecule has 1 N–H and O–H groups in total. The lowest BCUT2D eigenvalue weighted by atomic mass is 10.00. The van der Waals surface area contributed by atoms with E-state index in [0.717, 1.165) is 48.3 Å². The van der Waals surface area contributed by atoms with Crippen LogP contribution in [-0.2, 0) is 41.1 Å². The van der Waals surface area contributed by atoms with E-state index in [4.69, 9.17) is 16.3 Å². The summed E-state index contributed by atoms with van der Waals surface area (Å²) in [6.45, 7) is 5.79. The van der Waals surface area contributed by atoms with Crippen LogP contribution < -0.4 is 10.7 Å². The van der Waals surface area contributed by atoms with E-state index in [2.05, 4.69) is 26.3 Å². The van der Waals surface area contributed by atoms with Crippen LogP contribution in [0.5, 0.6) is 0 Å². The molecule has 0 spiro atoms. The average Bonchev–Trinajstić information content (AvgIpc) is 2.95. The Bertz CT molecular complexity index is 1560. The Morgan fingerprint density at radius 2 is 1.73 bits per heavy atom. The number of hydrogen-bond acceptors (Lipinski definition) is 8. The highest BCUT2D eigenvalue weighted by Crippen LogP contribution is 2.22. The molecule has 41 heavy (non-hydrogen) atoms. The van der Waals surface area contributed by atoms with Crippen molar-refractivity contribution in [3.05, 3.63) is 74.0 Å². The lowest BCUT2D eigenvalue weighted by Crippen LogP contribution is -2.40. The molecule has 5 rings (SSSR count). The molecule has 0 atom stereocenters. The van der Waals surface area contributed by atoms with E-state index in [1.54, 1.807) is 23.9 Å². The summed E-state index contributed by atoms with van der Waals surface area (Å²) < 4.78 is 30.7. The average molecular weight is 602 g/mol. The number of hydrogen-bond donors (Lipinski definition) is 1. The van der Waals surface area contributed by atoms with Gasteiger partial charge in [-0.15, -0.1) is 0 Å². The Kier molecular flexibility index (Phi) is 9.40. The van der Waals surface area contributed by atoms with Gasteiger partial charge >= 0.3 is 0 Å². The number of aromatic nitrogens is 2. The number of ether oxygens (including phenoxy) is 1. The number of aryl methyl sites for hydroxylation is 2. The highest BCUT2D eigenvalue weighted by Gasteiger charge is 2.23. The number of nitrogens with one attached hydrogen (secondary N) is 1. The van der Waals surface area contributed by atoms with Crippen LogP contribution in [0, 0.1) is 0 Å². The summed E-state index contributed by atoms with van der Waals surface area (Å²) in [5.41, 5.74) is 3.05. The van der Waals surface area contributed by atoms with Gasteiger partial charge < -0.3 is 15.0 Å². The summed E-state index contributed by atoms with van der Waals surface area (Å²) >= 11 is 5.96. The van der Waals surface area contributed by atoms with Gasteiger partial charge in [-0.3, -0.25) is 19.2 Å². The molecule has 3 aromatic rings. The summed E-state index contributed by atoms with van der Waals surface area (Å²) in [6.07, 6.45) is 1.52. The molecular formula is C29H36ClN5O5S. The van der Waals surface area contributed by atoms with Crippen LogP contribution in [0.3, 0.4) is 0 Å². The molecule has 2 aliphatic rings. The smallest absolute Gasteiger partial charge is 0.276 e. The zero-order chi connectivity index (χ0) is 29.0. The molecule has 12 heteroatoms. The van der Waals surface area contributed by atoms with Gasteiger partial charge in [0.1, 0.15) is 0 Å². The van der Waals surface area contributed by atoms with Gasteiger partial charge in [-0.2, -0.15) is 5.10 Å². The fourth-order valence-corrected chi connectivity index (χ4v) is 6.87. The molecule has 2 fully saturated rings. The Morgan fingerprint density at radius 1 is 1.02 bits per heavy atom. The van der Waals surface area contributed by atoms with Crippen molar-refractivity contribution in [3.8, 4) is 0 Å². The Labute approximate surface area is 245 Å². The van der Waals surface area contributed by atoms with Crippen molar-refractivity contribution in [1.29, 1.82) is 0 Å². The fraction of sp³-hybridized carbons (Fsp3) is 0.483. The van der Waals surface area contributed by atoms with E-state index in [1.807, 2.05) is 18.2 Å². The van der Waals surface area contributed by atoms with Crippen molar-refractivity contribution >= 4 is 38.2 Å². The van der Waals surface area contributed by atoms with E-state index in [9.17, 15) is 18.0 Å². The fourth-order valence-electron chi connectivity index (χ4n) is 5.47. The Morgan fingerprint density at radius 3 is 2.44 bits per heavy atom. The highest BCUT2D eigenvalue weighted by molar-refractivity contribution is 7.91. The molecule has 10 nitrogen and oxygen atoms in total. The third-order valence-electron chi connectivity index (χ3n) is 7.73. The van der Waals surface area contributed by atoms with Crippen molar-refractivity contribution in [2.24, 2.45) is 7.05 Å². The van der Waals surface area contributed by atoms with Crippen LogP contribution in [0.2, 0.25) is 5.02 Å². The van der Waals surface area contributed by atoms with Gasteiger partial charge in [-0.1, -0.05) is 29.8 Å². The highest BCUT2D eigenvalue weighted by atomic mass is 35.5. The minimum absolute atomic E-state index is 0.141. The van der Waals surface area contributed by atoms with E-state index in [1.165, 1.54) is 0 Å². The van der Waals surface area contributed by atoms with E-state index >= 15 is 0 Å². The van der Waals surface area contributed by atoms with Crippen LogP contribution in [0.1, 0.15) is 33.6 Å². The second-order valence-electron chi connectivity index (χ2n) is 10.7. The number of carbonyl (C=O) groups is 1. The maximum absolute atomic E-state index is 13.7. The first-order valence-corrected chi connectivity index (χ1v) is 16.2. The van der Waals surface area contributed by atoms with Crippen molar-refractivity contribution in [1.82, 2.24) is 24.9 Å². The monoisotopic (exact) mass is 601 g/mol. The number of fused-ring (bicyclic) bond motifs is 1. The molecule has 0 saturated carbocycles. The number of morpholine rings is 1. The number of benzene rings is 2. The van der Waals surface area contributed by atoms with Crippen LogP contribution in [-0.4, -0.2) is 91.3 Å². The quantitative estimate of drug-likeness (QED) is 0.396. The number of rotatable bonds is 9. The molecule has 1 amide bonds. The first-order chi connectivity index (χ1) is 19.7. The van der Waals surface area contributed by atoms with Gasteiger partial charge in [0.2, 0.25) is 5.43 Å². The maximum atomic E-state index is 13.7. The second-order valence-corrected chi connectivity index (χ2v) is 13.5. The summed E-state index contributed by atoms with van der Waals surface area (Å²) in [6, 6.07) is 11.2. The topological polar surface area (TPSA) is 114 Å².